The van der Waals surface area contributed by atoms with Crippen LogP contribution in [0.25, 0.3) is 11.5 Å². The van der Waals surface area contributed by atoms with Crippen LogP contribution in [0.3, 0.4) is 0 Å². The molecule has 1 aliphatic heterocycles. The first kappa shape index (κ1) is 8.55. The number of amidine groups is 1. The van der Waals surface area contributed by atoms with Gasteiger partial charge >= 0.3 is 0 Å². The predicted molar refractivity (Wildman–Crippen MR) is 50.8 cm³/mol. The first-order chi connectivity index (χ1) is 6.70. The summed E-state index contributed by atoms with van der Waals surface area (Å²) < 4.78 is 5.13. The molecule has 4 N–H and O–H groups in total. The summed E-state index contributed by atoms with van der Waals surface area (Å²) in [6, 6.07) is 1.65. The van der Waals surface area contributed by atoms with E-state index >= 15 is 0 Å². The van der Waals surface area contributed by atoms with Crippen molar-refractivity contribution in [2.24, 2.45) is 5.73 Å². The second-order valence-electron chi connectivity index (χ2n) is 2.90. The highest BCUT2D eigenvalue weighted by Crippen LogP contribution is 2.01. The average molecular weight is 191 g/mol. The minimum Gasteiger partial charge on any atom is -0.508 e. The molecule has 1 aliphatic rings. The van der Waals surface area contributed by atoms with Gasteiger partial charge in [-0.05, 0) is 6.07 Å². The van der Waals surface area contributed by atoms with Gasteiger partial charge in [0.1, 0.15) is 12.4 Å². The molecule has 5 nitrogen and oxygen atoms in total. The Kier molecular flexibility index (Phi) is 1.85. The highest BCUT2D eigenvalue weighted by Gasteiger charge is 2.12. The Morgan fingerprint density at radius 2 is 2.36 bits per heavy atom. The summed E-state index contributed by atoms with van der Waals surface area (Å²) in [5.41, 5.74) is 5.34. The smallest absolute Gasteiger partial charge is 0.169 e. The zero-order chi connectivity index (χ0) is 10.1. The van der Waals surface area contributed by atoms with Crippen LogP contribution in [0.1, 0.15) is 0 Å². The molecule has 1 aromatic heterocycles. The van der Waals surface area contributed by atoms with E-state index < -0.39 is 0 Å². The number of pyridine rings is 1. The number of rotatable bonds is 1. The van der Waals surface area contributed by atoms with Crippen molar-refractivity contribution in [2.45, 2.75) is 0 Å². The van der Waals surface area contributed by atoms with Crippen LogP contribution in [0.2, 0.25) is 0 Å². The van der Waals surface area contributed by atoms with Crippen molar-refractivity contribution in [2.75, 3.05) is 6.61 Å². The molecule has 0 bridgehead atoms. The van der Waals surface area contributed by atoms with Crippen LogP contribution in [0.15, 0.2) is 18.5 Å². The van der Waals surface area contributed by atoms with Crippen molar-refractivity contribution in [1.82, 2.24) is 4.98 Å². The van der Waals surface area contributed by atoms with Gasteiger partial charge in [0.05, 0.1) is 0 Å². The van der Waals surface area contributed by atoms with Crippen molar-refractivity contribution in [3.8, 4) is 0 Å². The molecular formula is C9H9N3O2. The van der Waals surface area contributed by atoms with E-state index in [1.54, 1.807) is 12.3 Å². The number of nitrogens with two attached hydrogens (primary N) is 1. The van der Waals surface area contributed by atoms with Gasteiger partial charge in [0, 0.05) is 22.8 Å². The van der Waals surface area contributed by atoms with E-state index in [1.807, 2.05) is 0 Å². The standard InChI is InChI=1S/C9H9N3O2/c10-9(11)8-5-1-2-12-3-6(5)7(13)4-14-8/h1-3,13H,4H2,(H3,10,11). The fraction of sp³-hybridized carbons (Fsp3) is 0.111. The molecule has 0 aliphatic carbocycles. The molecule has 5 heteroatoms. The molecular weight excluding hydrogens is 182 g/mol. The number of ether oxygens (including phenoxy) is 1. The molecule has 0 saturated carbocycles. The first-order valence-electron chi connectivity index (χ1n) is 4.04. The third kappa shape index (κ3) is 1.19. The van der Waals surface area contributed by atoms with Gasteiger partial charge in [0.15, 0.2) is 11.6 Å². The quantitative estimate of drug-likeness (QED) is 0.385. The van der Waals surface area contributed by atoms with E-state index in [4.69, 9.17) is 15.9 Å². The Morgan fingerprint density at radius 1 is 1.57 bits per heavy atom. The summed E-state index contributed by atoms with van der Waals surface area (Å²) in [6.45, 7) is 0.0353. The van der Waals surface area contributed by atoms with Crippen LogP contribution in [0.5, 0.6) is 0 Å². The summed E-state index contributed by atoms with van der Waals surface area (Å²) >= 11 is 0. The highest BCUT2D eigenvalue weighted by molar-refractivity contribution is 6.11. The Bertz CT molecular complexity index is 507. The van der Waals surface area contributed by atoms with Crippen molar-refractivity contribution >= 4 is 17.4 Å². The van der Waals surface area contributed by atoms with Crippen molar-refractivity contribution in [1.29, 1.82) is 5.41 Å². The van der Waals surface area contributed by atoms with Gasteiger partial charge in [0.25, 0.3) is 0 Å². The Balaban J connectivity index is 2.90. The summed E-state index contributed by atoms with van der Waals surface area (Å²) in [5.74, 6) is 0.253. The van der Waals surface area contributed by atoms with Gasteiger partial charge in [-0.15, -0.1) is 0 Å². The predicted octanol–water partition coefficient (Wildman–Crippen LogP) is -1.18. The third-order valence-electron chi connectivity index (χ3n) is 1.97. The van der Waals surface area contributed by atoms with Crippen LogP contribution in [-0.4, -0.2) is 22.5 Å². The molecule has 0 atom stereocenters. The number of aromatic nitrogens is 1. The van der Waals surface area contributed by atoms with Crippen molar-refractivity contribution < 1.29 is 9.84 Å². The van der Waals surface area contributed by atoms with Gasteiger partial charge in [-0.25, -0.2) is 0 Å². The molecule has 0 radical (unpaired) electrons. The Morgan fingerprint density at radius 3 is 3.07 bits per heavy atom. The molecule has 2 rings (SSSR count). The largest absolute Gasteiger partial charge is 0.508 e. The first-order valence-corrected chi connectivity index (χ1v) is 4.04. The number of hydrogen-bond donors (Lipinski definition) is 3. The zero-order valence-corrected chi connectivity index (χ0v) is 7.32. The second-order valence-corrected chi connectivity index (χ2v) is 2.90. The van der Waals surface area contributed by atoms with Gasteiger partial charge in [0.2, 0.25) is 0 Å². The highest BCUT2D eigenvalue weighted by atomic mass is 16.5. The molecule has 0 saturated heterocycles. The number of aliphatic hydroxyl groups excluding tert-OH is 1. The Labute approximate surface area is 79.7 Å². The number of nitrogens with one attached hydrogen (secondary N) is 1. The molecule has 72 valence electrons. The normalized spacial score (nSPS) is 14.6. The molecule has 0 unspecified atom stereocenters. The maximum absolute atomic E-state index is 9.49. The minimum atomic E-state index is -0.148. The van der Waals surface area contributed by atoms with Gasteiger partial charge in [-0.1, -0.05) is 0 Å². The van der Waals surface area contributed by atoms with Gasteiger partial charge in [-0.3, -0.25) is 10.4 Å². The molecule has 0 fully saturated rings. The van der Waals surface area contributed by atoms with Crippen molar-refractivity contribution in [3.63, 3.8) is 0 Å². The maximum atomic E-state index is 9.49. The van der Waals surface area contributed by atoms with E-state index in [9.17, 15) is 5.11 Å². The van der Waals surface area contributed by atoms with Crippen LogP contribution in [0, 0.1) is 5.41 Å². The lowest BCUT2D eigenvalue weighted by Gasteiger charge is -2.13. The summed E-state index contributed by atoms with van der Waals surface area (Å²) in [7, 11) is 0. The molecule has 14 heavy (non-hydrogen) atoms. The molecule has 1 aromatic rings. The number of aliphatic hydroxyl groups is 1. The van der Waals surface area contributed by atoms with Crippen LogP contribution < -0.4 is 16.2 Å². The molecule has 0 aromatic carbocycles. The summed E-state index contributed by atoms with van der Waals surface area (Å²) in [6.07, 6.45) is 3.08. The summed E-state index contributed by atoms with van der Waals surface area (Å²) in [5, 5.41) is 18.0. The average Bonchev–Trinajstić information content (AvgIpc) is 2.18. The van der Waals surface area contributed by atoms with E-state index in [2.05, 4.69) is 4.98 Å². The number of hydrogen-bond acceptors (Lipinski definition) is 4. The van der Waals surface area contributed by atoms with E-state index in [0.29, 0.717) is 16.2 Å². The lowest BCUT2D eigenvalue weighted by Crippen LogP contribution is -2.38. The van der Waals surface area contributed by atoms with E-state index in [0.717, 1.165) is 0 Å². The maximum Gasteiger partial charge on any atom is 0.169 e. The van der Waals surface area contributed by atoms with Crippen molar-refractivity contribution in [3.05, 3.63) is 28.9 Å². The second kappa shape index (κ2) is 3.02. The van der Waals surface area contributed by atoms with Crippen LogP contribution in [0.4, 0.5) is 0 Å². The number of fused-ring (bicyclic) bond motifs is 1. The monoisotopic (exact) mass is 191 g/mol. The fourth-order valence-corrected chi connectivity index (χ4v) is 1.34. The van der Waals surface area contributed by atoms with Gasteiger partial charge < -0.3 is 15.6 Å². The van der Waals surface area contributed by atoms with Crippen LogP contribution >= 0.6 is 0 Å². The lowest BCUT2D eigenvalue weighted by molar-refractivity contribution is 0.283. The number of nitrogens with zero attached hydrogens (tertiary/aromatic N) is 1. The molecule has 0 amide bonds. The fourth-order valence-electron chi connectivity index (χ4n) is 1.34. The molecule has 2 heterocycles. The molecule has 0 spiro atoms. The SMILES string of the molecule is N=C(N)C1=c2ccncc2=C(O)CO1. The topological polar surface area (TPSA) is 92.2 Å². The van der Waals surface area contributed by atoms with Crippen LogP contribution in [-0.2, 0) is 4.74 Å². The van der Waals surface area contributed by atoms with E-state index in [-0.39, 0.29) is 18.2 Å². The minimum absolute atomic E-state index is 0.0353. The zero-order valence-electron chi connectivity index (χ0n) is 7.32. The summed E-state index contributed by atoms with van der Waals surface area (Å²) in [4.78, 5) is 3.88. The lowest BCUT2D eigenvalue weighted by atomic mass is 10.2. The van der Waals surface area contributed by atoms with E-state index in [1.165, 1.54) is 6.20 Å². The third-order valence-corrected chi connectivity index (χ3v) is 1.97. The van der Waals surface area contributed by atoms with Gasteiger partial charge in [-0.2, -0.15) is 0 Å². The Hall–Kier alpha value is -2.04.